The minimum atomic E-state index is -0.440. The molecular formula is C51H45Br2ClF4N13NaO8S3. The molecule has 0 spiro atoms. The summed E-state index contributed by atoms with van der Waals surface area (Å²) in [6, 6.07) is 21.1. The van der Waals surface area contributed by atoms with Gasteiger partial charge in [-0.15, -0.1) is 17.0 Å². The van der Waals surface area contributed by atoms with Crippen LogP contribution < -0.4 is 54.8 Å². The molecule has 0 amide bonds. The summed E-state index contributed by atoms with van der Waals surface area (Å²) < 4.78 is 70.1. The molecule has 21 nitrogen and oxygen atoms in total. The molecule has 0 saturated carbocycles. The normalized spacial score (nSPS) is 9.88. The number of pyridine rings is 7. The van der Waals surface area contributed by atoms with E-state index >= 15 is 0 Å². The molecule has 0 radical (unpaired) electrons. The smallest absolute Gasteiger partial charge is 0.662 e. The fourth-order valence-electron chi connectivity index (χ4n) is 6.24. The van der Waals surface area contributed by atoms with Gasteiger partial charge in [-0.05, 0) is 49.4 Å². The van der Waals surface area contributed by atoms with Crippen LogP contribution in [-0.4, -0.2) is 109 Å². The third-order valence-electron chi connectivity index (χ3n) is 9.57. The van der Waals surface area contributed by atoms with Gasteiger partial charge in [0.1, 0.15) is 65.5 Å². The molecule has 0 aliphatic carbocycles. The maximum absolute atomic E-state index is 13.3. The minimum Gasteiger partial charge on any atom is -0.662 e. The number of carbonyl (C=O) groups is 2. The summed E-state index contributed by atoms with van der Waals surface area (Å²) in [6.07, 6.45) is 9.13. The van der Waals surface area contributed by atoms with Crippen molar-refractivity contribution in [3.8, 4) is 40.4 Å². The van der Waals surface area contributed by atoms with Crippen molar-refractivity contribution in [3.05, 3.63) is 156 Å². The maximum Gasteiger partial charge on any atom is 1.00 e. The molecule has 12 heterocycles. The number of aromatic nitrogens is 12. The van der Waals surface area contributed by atoms with E-state index in [4.69, 9.17) is 46.7 Å². The van der Waals surface area contributed by atoms with Gasteiger partial charge in [0.05, 0.1) is 49.1 Å². The predicted octanol–water partition coefficient (Wildman–Crippen LogP) is 7.91. The number of hydrogen-bond acceptors (Lipinski definition) is 22. The maximum atomic E-state index is 13.3. The number of imidazole rings is 2. The molecule has 430 valence electrons. The number of methoxy groups -OCH3 is 3. The van der Waals surface area contributed by atoms with Crippen LogP contribution in [0.5, 0.6) is 17.6 Å². The summed E-state index contributed by atoms with van der Waals surface area (Å²) in [5, 5.41) is 16.9. The summed E-state index contributed by atoms with van der Waals surface area (Å²) >= 11 is 12.5. The Balaban J connectivity index is 0.000000272. The summed E-state index contributed by atoms with van der Waals surface area (Å²) in [7, 11) is 4.75. The van der Waals surface area contributed by atoms with E-state index < -0.39 is 5.82 Å². The van der Waals surface area contributed by atoms with E-state index in [2.05, 4.69) is 70.7 Å². The van der Waals surface area contributed by atoms with Gasteiger partial charge in [0.15, 0.2) is 20.8 Å². The second-order valence-corrected chi connectivity index (χ2v) is 18.7. The number of alkyl halides is 1. The van der Waals surface area contributed by atoms with Crippen molar-refractivity contribution < 1.29 is 86.2 Å². The Kier molecular flexibility index (Phi) is 29.8. The zero-order valence-corrected chi connectivity index (χ0v) is 51.7. The number of fused-ring (bicyclic) bond motifs is 7. The summed E-state index contributed by atoms with van der Waals surface area (Å²) in [6.45, 7) is 1.75. The zero-order chi connectivity index (χ0) is 57.7. The van der Waals surface area contributed by atoms with E-state index in [1.54, 1.807) is 46.5 Å². The number of anilines is 1. The monoisotopic (exact) mass is 1360 g/mol. The zero-order valence-electron chi connectivity index (χ0n) is 43.2. The van der Waals surface area contributed by atoms with Crippen molar-refractivity contribution in [1.29, 1.82) is 0 Å². The number of nitrogen functional groups attached to an aromatic ring is 1. The van der Waals surface area contributed by atoms with Gasteiger partial charge in [0, 0.05) is 86.3 Å². The van der Waals surface area contributed by atoms with Gasteiger partial charge in [0.25, 0.3) is 6.47 Å². The Bertz CT molecular complexity index is 3830. The number of thiazole rings is 3. The van der Waals surface area contributed by atoms with E-state index in [9.17, 15) is 22.4 Å². The minimum absolute atomic E-state index is 0. The number of aliphatic hydroxyl groups is 1. The first-order chi connectivity index (χ1) is 38.6. The summed E-state index contributed by atoms with van der Waals surface area (Å²) in [4.78, 5) is 67.7. The van der Waals surface area contributed by atoms with Crippen LogP contribution in [0.15, 0.2) is 122 Å². The third-order valence-corrected chi connectivity index (χ3v) is 13.0. The number of Topliss-reactive ketones (excluding diaryl/α,β-unsaturated/α-hetero) is 1. The quantitative estimate of drug-likeness (QED) is 0.0214. The van der Waals surface area contributed by atoms with Gasteiger partial charge in [-0.25, -0.2) is 52.4 Å². The molecule has 0 aliphatic heterocycles. The standard InChI is InChI=1S/2C14H9FN4OS.C7H5BrFNO.C7H7N3OS.C5H3ClFN.C2H6O.CH2O3.CH4.BrH.Na/c2*1-20-12-3-2-11-13(18-12)21-14-17-10(7-19(11)14)9-6-8(15)4-5-16-9;8-4-7(11)6-3-5(9)1-2-10-6;1-11-5-3-2-4-6(10-5)12-7(8)9-4;6-5-3-4(7)1-2-8-5;1-2-3;2-1-4-3;;;/h2*2-7H,1H3;1-3H,4H2;2-3H,1H3,(H2,8,9);1-3H;3H,2H2,1H3;1,3H;1H4;1H;/q;;;;;;;;;+1/p-1. The Morgan fingerprint density at radius 2 is 1.06 bits per heavy atom. The second kappa shape index (κ2) is 35.2. The molecule has 0 saturated heterocycles. The molecule has 0 fully saturated rings. The average Bonchev–Trinajstić information content (AvgIpc) is 3.11. The fourth-order valence-corrected chi connectivity index (χ4v) is 9.33. The van der Waals surface area contributed by atoms with Crippen LogP contribution in [0.3, 0.4) is 0 Å². The number of nitrogens with zero attached hydrogens (tertiary/aromatic N) is 12. The Morgan fingerprint density at radius 3 is 1.45 bits per heavy atom. The van der Waals surface area contributed by atoms with Crippen LogP contribution in [0.25, 0.3) is 63.7 Å². The number of ether oxygens (including phenoxy) is 3. The molecule has 12 aromatic rings. The van der Waals surface area contributed by atoms with Crippen LogP contribution in [-0.2, 0) is 9.68 Å². The number of halogens is 7. The molecule has 0 aromatic carbocycles. The van der Waals surface area contributed by atoms with Gasteiger partial charge in [0.2, 0.25) is 17.6 Å². The van der Waals surface area contributed by atoms with E-state index in [0.29, 0.717) is 45.5 Å². The molecule has 0 unspecified atom stereocenters. The Labute approximate surface area is 527 Å². The molecule has 12 rings (SSSR count). The van der Waals surface area contributed by atoms with Crippen molar-refractivity contribution in [2.24, 2.45) is 0 Å². The number of ketones is 1. The van der Waals surface area contributed by atoms with Crippen molar-refractivity contribution in [3.63, 3.8) is 0 Å². The van der Waals surface area contributed by atoms with Crippen molar-refractivity contribution in [2.45, 2.75) is 14.4 Å². The molecule has 0 bridgehead atoms. The predicted molar refractivity (Wildman–Crippen MR) is 313 cm³/mol. The van der Waals surface area contributed by atoms with Crippen molar-refractivity contribution in [1.82, 2.24) is 58.6 Å². The molecule has 32 heteroatoms. The first-order valence-corrected chi connectivity index (χ1v) is 26.4. The van der Waals surface area contributed by atoms with E-state index in [1.165, 1.54) is 95.2 Å². The van der Waals surface area contributed by atoms with E-state index in [0.717, 1.165) is 53.1 Å². The summed E-state index contributed by atoms with van der Waals surface area (Å²) in [5.41, 5.74) is 10.7. The van der Waals surface area contributed by atoms with Gasteiger partial charge < -0.3 is 35.2 Å². The van der Waals surface area contributed by atoms with Crippen LogP contribution in [0, 0.1) is 23.3 Å². The van der Waals surface area contributed by atoms with Gasteiger partial charge >= 0.3 is 29.6 Å². The Morgan fingerprint density at radius 1 is 0.651 bits per heavy atom. The molecular weight excluding hydrogens is 1310 g/mol. The first-order valence-electron chi connectivity index (χ1n) is 22.4. The molecule has 3 N–H and O–H groups in total. The number of rotatable bonds is 8. The Hall–Kier alpha value is -6.97. The largest absolute Gasteiger partial charge is 1.00 e. The SMILES string of the molecule is Br.C.CCO.COc1ccc2c(n1)sc1nc(-c3cc(F)ccn3)cn12.COc1ccc2c(n1)sc1nc(-c3cc(F)ccn3)cn12.COc1ccc2nc(N)sc2n1.Fc1ccnc(Cl)c1.O=C(CBr)c1cc(F)ccn1.O=CO[O-].[Na+]. The van der Waals surface area contributed by atoms with Gasteiger partial charge in [-0.3, -0.25) is 33.3 Å². The van der Waals surface area contributed by atoms with Crippen LogP contribution in [0.1, 0.15) is 24.8 Å². The fraction of sp³-hybridized carbons (Fsp3) is 0.137. The van der Waals surface area contributed by atoms with Crippen molar-refractivity contribution >= 4 is 137 Å². The second-order valence-electron chi connectivity index (χ2n) is 14.8. The third kappa shape index (κ3) is 20.1. The number of aliphatic hydroxyl groups excluding tert-OH is 1. The molecule has 0 aliphatic rings. The van der Waals surface area contributed by atoms with Gasteiger partial charge in [-0.2, -0.15) is 0 Å². The molecule has 0 atom stereocenters. The molecule has 12 aromatic heterocycles. The van der Waals surface area contributed by atoms with Crippen LogP contribution in [0.4, 0.5) is 22.7 Å². The van der Waals surface area contributed by atoms with E-state index in [-0.39, 0.29) is 106 Å². The molecule has 83 heavy (non-hydrogen) atoms. The number of nitrogens with two attached hydrogens (primary N) is 1. The average molecular weight is 1360 g/mol. The van der Waals surface area contributed by atoms with Crippen LogP contribution in [0.2, 0.25) is 5.15 Å². The van der Waals surface area contributed by atoms with E-state index in [1.807, 2.05) is 39.4 Å². The van der Waals surface area contributed by atoms with Crippen molar-refractivity contribution in [2.75, 3.05) is 39.0 Å². The number of hydrogen-bond donors (Lipinski definition) is 2. The topological polar surface area (TPSA) is 278 Å². The van der Waals surface area contributed by atoms with Gasteiger partial charge in [-0.1, -0.05) is 69.0 Å². The van der Waals surface area contributed by atoms with Crippen LogP contribution >= 0.6 is 78.5 Å². The number of carbonyl (C=O) groups excluding carboxylic acids is 2. The summed E-state index contributed by atoms with van der Waals surface area (Å²) in [5.74, 6) is 0.0585. The first kappa shape index (κ1) is 70.3.